The lowest BCUT2D eigenvalue weighted by molar-refractivity contribution is 0.000737. The van der Waals surface area contributed by atoms with Gasteiger partial charge in [0.15, 0.2) is 0 Å². The van der Waals surface area contributed by atoms with Crippen molar-refractivity contribution >= 4 is 15.9 Å². The molecule has 0 saturated carbocycles. The van der Waals surface area contributed by atoms with Crippen molar-refractivity contribution < 1.29 is 5.11 Å². The molecule has 1 aromatic carbocycles. The summed E-state index contributed by atoms with van der Waals surface area (Å²) < 4.78 is 1.08. The second kappa shape index (κ2) is 6.72. The van der Waals surface area contributed by atoms with E-state index in [-0.39, 0.29) is 0 Å². The van der Waals surface area contributed by atoms with Crippen LogP contribution in [0.3, 0.4) is 0 Å². The molecule has 0 spiro atoms. The zero-order valence-corrected chi connectivity index (χ0v) is 13.5. The molecule has 0 heterocycles. The van der Waals surface area contributed by atoms with Crippen LogP contribution in [0.15, 0.2) is 28.7 Å². The van der Waals surface area contributed by atoms with Gasteiger partial charge < -0.3 is 5.11 Å². The van der Waals surface area contributed by atoms with Crippen molar-refractivity contribution in [3.05, 3.63) is 34.3 Å². The summed E-state index contributed by atoms with van der Waals surface area (Å²) in [4.78, 5) is 0. The van der Waals surface area contributed by atoms with E-state index < -0.39 is 5.60 Å². The monoisotopic (exact) mass is 312 g/mol. The van der Waals surface area contributed by atoms with E-state index in [1.807, 2.05) is 12.1 Å². The number of rotatable bonds is 6. The van der Waals surface area contributed by atoms with Crippen LogP contribution >= 0.6 is 15.9 Å². The first-order valence-corrected chi connectivity index (χ1v) is 7.57. The normalized spacial score (nSPS) is 12.4. The van der Waals surface area contributed by atoms with Crippen molar-refractivity contribution in [1.29, 1.82) is 0 Å². The Morgan fingerprint density at radius 2 is 1.67 bits per heavy atom. The van der Waals surface area contributed by atoms with Gasteiger partial charge in [-0.05, 0) is 42.4 Å². The Bertz CT molecular complexity index is 361. The van der Waals surface area contributed by atoms with Crippen LogP contribution < -0.4 is 0 Å². The summed E-state index contributed by atoms with van der Waals surface area (Å²) in [7, 11) is 0. The van der Waals surface area contributed by atoms with Gasteiger partial charge in [-0.2, -0.15) is 0 Å². The number of halogens is 1. The van der Waals surface area contributed by atoms with Crippen molar-refractivity contribution in [1.82, 2.24) is 0 Å². The molecule has 0 unspecified atom stereocenters. The maximum absolute atomic E-state index is 10.9. The van der Waals surface area contributed by atoms with Gasteiger partial charge in [-0.15, -0.1) is 0 Å². The molecule has 0 aromatic heterocycles. The van der Waals surface area contributed by atoms with Crippen LogP contribution in [0.5, 0.6) is 0 Å². The molecule has 1 rings (SSSR count). The highest BCUT2D eigenvalue weighted by Gasteiger charge is 2.29. The molecule has 0 aliphatic carbocycles. The molecule has 0 radical (unpaired) electrons. The van der Waals surface area contributed by atoms with Gasteiger partial charge in [-0.3, -0.25) is 0 Å². The lowest BCUT2D eigenvalue weighted by atomic mass is 9.81. The van der Waals surface area contributed by atoms with Crippen molar-refractivity contribution in [3.63, 3.8) is 0 Å². The van der Waals surface area contributed by atoms with E-state index in [2.05, 4.69) is 55.8 Å². The minimum Gasteiger partial charge on any atom is -0.390 e. The zero-order valence-electron chi connectivity index (χ0n) is 11.9. The Hall–Kier alpha value is -0.340. The Morgan fingerprint density at radius 1 is 1.11 bits per heavy atom. The molecule has 0 amide bonds. The van der Waals surface area contributed by atoms with Gasteiger partial charge in [0.05, 0.1) is 5.60 Å². The molecule has 0 atom stereocenters. The van der Waals surface area contributed by atoms with Gasteiger partial charge >= 0.3 is 0 Å². The highest BCUT2D eigenvalue weighted by Crippen LogP contribution is 2.29. The van der Waals surface area contributed by atoms with Crippen molar-refractivity contribution in [2.45, 2.75) is 52.6 Å². The van der Waals surface area contributed by atoms with E-state index in [4.69, 9.17) is 0 Å². The average Bonchev–Trinajstić information content (AvgIpc) is 2.13. The van der Waals surface area contributed by atoms with Crippen LogP contribution in [0.1, 0.15) is 46.1 Å². The summed E-state index contributed by atoms with van der Waals surface area (Å²) in [5.74, 6) is 1.03. The molecular formula is C16H25BrO. The number of hydrogen-bond donors (Lipinski definition) is 1. The number of aliphatic hydroxyl groups is 1. The van der Waals surface area contributed by atoms with Crippen molar-refractivity contribution in [2.75, 3.05) is 0 Å². The third-order valence-electron chi connectivity index (χ3n) is 3.00. The van der Waals surface area contributed by atoms with Crippen LogP contribution in [-0.4, -0.2) is 10.7 Å². The predicted molar refractivity (Wildman–Crippen MR) is 81.7 cm³/mol. The molecule has 1 N–H and O–H groups in total. The second-order valence-corrected chi connectivity index (χ2v) is 7.14. The summed E-state index contributed by atoms with van der Waals surface area (Å²) in [6, 6.07) is 8.25. The Morgan fingerprint density at radius 3 is 2.11 bits per heavy atom. The first-order chi connectivity index (χ1) is 8.31. The summed E-state index contributed by atoms with van der Waals surface area (Å²) in [6.45, 7) is 8.69. The van der Waals surface area contributed by atoms with E-state index in [9.17, 15) is 5.11 Å². The van der Waals surface area contributed by atoms with Crippen LogP contribution in [0.25, 0.3) is 0 Å². The van der Waals surface area contributed by atoms with Gasteiger partial charge in [0, 0.05) is 10.9 Å². The Balaban J connectivity index is 2.83. The fourth-order valence-corrected chi connectivity index (χ4v) is 3.22. The lowest BCUT2D eigenvalue weighted by Crippen LogP contribution is -2.34. The number of benzene rings is 1. The summed E-state index contributed by atoms with van der Waals surface area (Å²) in [6.07, 6.45) is 2.46. The van der Waals surface area contributed by atoms with Gasteiger partial charge in [0.2, 0.25) is 0 Å². The zero-order chi connectivity index (χ0) is 13.8. The highest BCUT2D eigenvalue weighted by atomic mass is 79.9. The van der Waals surface area contributed by atoms with Crippen LogP contribution in [0, 0.1) is 11.8 Å². The molecule has 0 aliphatic rings. The fraction of sp³-hybridized carbons (Fsp3) is 0.625. The van der Waals surface area contributed by atoms with Crippen molar-refractivity contribution in [3.8, 4) is 0 Å². The first-order valence-electron chi connectivity index (χ1n) is 6.77. The molecular weight excluding hydrogens is 288 g/mol. The van der Waals surface area contributed by atoms with E-state index in [0.29, 0.717) is 11.8 Å². The minimum absolute atomic E-state index is 0.515. The van der Waals surface area contributed by atoms with Gasteiger partial charge in [-0.1, -0.05) is 55.8 Å². The third-order valence-corrected chi connectivity index (χ3v) is 3.49. The molecule has 102 valence electrons. The summed E-state index contributed by atoms with van der Waals surface area (Å²) in [5.41, 5.74) is 0.622. The fourth-order valence-electron chi connectivity index (χ4n) is 2.77. The number of hydrogen-bond acceptors (Lipinski definition) is 1. The van der Waals surface area contributed by atoms with Gasteiger partial charge in [-0.25, -0.2) is 0 Å². The SMILES string of the molecule is CC(C)CC(O)(Cc1cccc(Br)c1)CC(C)C. The van der Waals surface area contributed by atoms with Gasteiger partial charge in [0.25, 0.3) is 0 Å². The molecule has 0 saturated heterocycles. The first kappa shape index (κ1) is 15.7. The van der Waals surface area contributed by atoms with E-state index >= 15 is 0 Å². The average molecular weight is 313 g/mol. The molecule has 0 aliphatic heterocycles. The second-order valence-electron chi connectivity index (χ2n) is 6.23. The predicted octanol–water partition coefficient (Wildman–Crippen LogP) is 4.81. The molecule has 0 bridgehead atoms. The maximum Gasteiger partial charge on any atom is 0.0692 e. The van der Waals surface area contributed by atoms with E-state index in [0.717, 1.165) is 23.7 Å². The lowest BCUT2D eigenvalue weighted by Gasteiger charge is -2.32. The third kappa shape index (κ3) is 5.53. The van der Waals surface area contributed by atoms with Crippen LogP contribution in [-0.2, 0) is 6.42 Å². The van der Waals surface area contributed by atoms with Crippen molar-refractivity contribution in [2.24, 2.45) is 11.8 Å². The Kier molecular flexibility index (Phi) is 5.87. The standard InChI is InChI=1S/C16H25BrO/c1-12(2)9-16(18,10-13(3)4)11-14-6-5-7-15(17)8-14/h5-8,12-13,18H,9-11H2,1-4H3. The highest BCUT2D eigenvalue weighted by molar-refractivity contribution is 9.10. The molecule has 18 heavy (non-hydrogen) atoms. The van der Waals surface area contributed by atoms with Crippen LogP contribution in [0.4, 0.5) is 0 Å². The Labute approximate surface area is 120 Å². The molecule has 1 aromatic rings. The summed E-state index contributed by atoms with van der Waals surface area (Å²) >= 11 is 3.49. The molecule has 1 nitrogen and oxygen atoms in total. The van der Waals surface area contributed by atoms with Gasteiger partial charge in [0.1, 0.15) is 0 Å². The smallest absolute Gasteiger partial charge is 0.0692 e. The largest absolute Gasteiger partial charge is 0.390 e. The van der Waals surface area contributed by atoms with Crippen LogP contribution in [0.2, 0.25) is 0 Å². The summed E-state index contributed by atoms with van der Waals surface area (Å²) in [5, 5.41) is 10.9. The maximum atomic E-state index is 10.9. The minimum atomic E-state index is -0.580. The quantitative estimate of drug-likeness (QED) is 0.798. The van der Waals surface area contributed by atoms with E-state index in [1.54, 1.807) is 0 Å². The molecule has 0 fully saturated rings. The topological polar surface area (TPSA) is 20.2 Å². The molecule has 2 heteroatoms. The van der Waals surface area contributed by atoms with E-state index in [1.165, 1.54) is 5.56 Å².